The van der Waals surface area contributed by atoms with Crippen molar-refractivity contribution in [2.75, 3.05) is 6.54 Å². The molecule has 3 heteroatoms. The zero-order valence-electron chi connectivity index (χ0n) is 9.95. The minimum atomic E-state index is 0.358. The van der Waals surface area contributed by atoms with Crippen molar-refractivity contribution >= 4 is 0 Å². The lowest BCUT2D eigenvalue weighted by molar-refractivity contribution is 0.535. The normalized spacial score (nSPS) is 12.7. The molecule has 1 heterocycles. The summed E-state index contributed by atoms with van der Waals surface area (Å²) in [7, 11) is 1.96. The fraction of sp³-hybridized carbons (Fsp3) is 0.583. The van der Waals surface area contributed by atoms with Crippen molar-refractivity contribution in [3.8, 4) is 0 Å². The Balaban J connectivity index is 2.77. The van der Waals surface area contributed by atoms with Crippen LogP contribution < -0.4 is 5.32 Å². The van der Waals surface area contributed by atoms with E-state index in [0.29, 0.717) is 6.04 Å². The Labute approximate surface area is 92.2 Å². The lowest BCUT2D eigenvalue weighted by atomic mass is 10.0. The number of hydrogen-bond acceptors (Lipinski definition) is 2. The van der Waals surface area contributed by atoms with Gasteiger partial charge in [-0.3, -0.25) is 4.68 Å². The van der Waals surface area contributed by atoms with Gasteiger partial charge in [-0.05, 0) is 26.3 Å². The number of rotatable bonds is 6. The average Bonchev–Trinajstić information content (AvgIpc) is 2.52. The molecule has 1 aromatic heterocycles. The molecule has 0 aliphatic rings. The summed E-state index contributed by atoms with van der Waals surface area (Å²) in [5, 5.41) is 7.88. The highest BCUT2D eigenvalue weighted by molar-refractivity contribution is 5.20. The highest BCUT2D eigenvalue weighted by atomic mass is 15.3. The second-order valence-corrected chi connectivity index (χ2v) is 3.87. The van der Waals surface area contributed by atoms with Gasteiger partial charge >= 0.3 is 0 Å². The SMILES string of the molecule is C=CCC(NCCC)c1cn(C)nc1C. The average molecular weight is 207 g/mol. The molecule has 0 fully saturated rings. The first-order valence-electron chi connectivity index (χ1n) is 5.53. The van der Waals surface area contributed by atoms with Crippen LogP contribution in [0.1, 0.15) is 37.1 Å². The molecule has 1 unspecified atom stereocenters. The molecule has 0 aliphatic heterocycles. The van der Waals surface area contributed by atoms with E-state index in [-0.39, 0.29) is 0 Å². The third-order valence-corrected chi connectivity index (χ3v) is 2.47. The molecule has 3 nitrogen and oxygen atoms in total. The Morgan fingerprint density at radius 3 is 2.87 bits per heavy atom. The van der Waals surface area contributed by atoms with Crippen LogP contribution in [0, 0.1) is 6.92 Å². The van der Waals surface area contributed by atoms with Crippen LogP contribution in [0.25, 0.3) is 0 Å². The monoisotopic (exact) mass is 207 g/mol. The lowest BCUT2D eigenvalue weighted by Crippen LogP contribution is -2.21. The number of nitrogens with zero attached hydrogens (tertiary/aromatic N) is 2. The molecule has 0 saturated heterocycles. The molecule has 0 amide bonds. The predicted molar refractivity (Wildman–Crippen MR) is 63.8 cm³/mol. The number of aryl methyl sites for hydroxylation is 2. The Kier molecular flexibility index (Phi) is 4.56. The second-order valence-electron chi connectivity index (χ2n) is 3.87. The van der Waals surface area contributed by atoms with Crippen LogP contribution in [0.2, 0.25) is 0 Å². The Bertz CT molecular complexity index is 315. The first-order valence-corrected chi connectivity index (χ1v) is 5.53. The first-order chi connectivity index (χ1) is 7.19. The summed E-state index contributed by atoms with van der Waals surface area (Å²) in [5.41, 5.74) is 2.39. The van der Waals surface area contributed by atoms with Crippen LogP contribution in [0.4, 0.5) is 0 Å². The molecule has 0 spiro atoms. The third-order valence-electron chi connectivity index (χ3n) is 2.47. The van der Waals surface area contributed by atoms with E-state index < -0.39 is 0 Å². The minimum Gasteiger partial charge on any atom is -0.310 e. The molecule has 1 aromatic rings. The lowest BCUT2D eigenvalue weighted by Gasteiger charge is -2.15. The molecule has 1 rings (SSSR count). The first kappa shape index (κ1) is 12.0. The molecular formula is C12H21N3. The van der Waals surface area contributed by atoms with Gasteiger partial charge in [0.2, 0.25) is 0 Å². The maximum Gasteiger partial charge on any atom is 0.0641 e. The highest BCUT2D eigenvalue weighted by Gasteiger charge is 2.13. The highest BCUT2D eigenvalue weighted by Crippen LogP contribution is 2.19. The Morgan fingerprint density at radius 2 is 2.40 bits per heavy atom. The molecule has 0 aromatic carbocycles. The fourth-order valence-electron chi connectivity index (χ4n) is 1.77. The van der Waals surface area contributed by atoms with Gasteiger partial charge < -0.3 is 5.32 Å². The predicted octanol–water partition coefficient (Wildman–Crippen LogP) is 2.35. The summed E-state index contributed by atoms with van der Waals surface area (Å²) >= 11 is 0. The van der Waals surface area contributed by atoms with Crippen molar-refractivity contribution in [1.29, 1.82) is 0 Å². The largest absolute Gasteiger partial charge is 0.310 e. The van der Waals surface area contributed by atoms with Gasteiger partial charge in [0.15, 0.2) is 0 Å². The summed E-state index contributed by atoms with van der Waals surface area (Å²) < 4.78 is 1.87. The van der Waals surface area contributed by atoms with Crippen LogP contribution in [0.15, 0.2) is 18.9 Å². The molecule has 0 radical (unpaired) electrons. The molecular weight excluding hydrogens is 186 g/mol. The van der Waals surface area contributed by atoms with Crippen LogP contribution >= 0.6 is 0 Å². The van der Waals surface area contributed by atoms with Crippen molar-refractivity contribution in [2.45, 2.75) is 32.7 Å². The molecule has 0 aliphatic carbocycles. The van der Waals surface area contributed by atoms with Crippen LogP contribution in [0.3, 0.4) is 0 Å². The zero-order valence-corrected chi connectivity index (χ0v) is 9.95. The third kappa shape index (κ3) is 3.20. The van der Waals surface area contributed by atoms with E-state index >= 15 is 0 Å². The fourth-order valence-corrected chi connectivity index (χ4v) is 1.77. The van der Waals surface area contributed by atoms with Gasteiger partial charge in [-0.1, -0.05) is 13.0 Å². The molecule has 0 bridgehead atoms. The van der Waals surface area contributed by atoms with Gasteiger partial charge in [-0.15, -0.1) is 6.58 Å². The van der Waals surface area contributed by atoms with E-state index in [0.717, 1.165) is 25.1 Å². The smallest absolute Gasteiger partial charge is 0.0641 e. The summed E-state index contributed by atoms with van der Waals surface area (Å²) in [6.07, 6.45) is 6.14. The quantitative estimate of drug-likeness (QED) is 0.726. The molecule has 1 N–H and O–H groups in total. The van der Waals surface area contributed by atoms with Crippen LogP contribution in [-0.4, -0.2) is 16.3 Å². The Morgan fingerprint density at radius 1 is 1.67 bits per heavy atom. The van der Waals surface area contributed by atoms with Crippen molar-refractivity contribution in [3.63, 3.8) is 0 Å². The van der Waals surface area contributed by atoms with E-state index in [1.54, 1.807) is 0 Å². The van der Waals surface area contributed by atoms with Crippen molar-refractivity contribution in [3.05, 3.63) is 30.1 Å². The van der Waals surface area contributed by atoms with Gasteiger partial charge in [0, 0.05) is 24.8 Å². The minimum absolute atomic E-state index is 0.358. The zero-order chi connectivity index (χ0) is 11.3. The molecule has 84 valence electrons. The number of hydrogen-bond donors (Lipinski definition) is 1. The maximum absolute atomic E-state index is 4.36. The standard InChI is InChI=1S/C12H21N3/c1-5-7-12(13-8-6-2)11-9-15(4)14-10(11)3/h5,9,12-13H,1,6-8H2,2-4H3. The Hall–Kier alpha value is -1.09. The second kappa shape index (κ2) is 5.71. The van der Waals surface area contributed by atoms with Crippen molar-refractivity contribution in [2.24, 2.45) is 7.05 Å². The van der Waals surface area contributed by atoms with Crippen LogP contribution in [-0.2, 0) is 7.05 Å². The van der Waals surface area contributed by atoms with Crippen molar-refractivity contribution < 1.29 is 0 Å². The van der Waals surface area contributed by atoms with E-state index in [2.05, 4.69) is 37.0 Å². The summed E-state index contributed by atoms with van der Waals surface area (Å²) in [6, 6.07) is 0.358. The summed E-state index contributed by atoms with van der Waals surface area (Å²) in [5.74, 6) is 0. The van der Waals surface area contributed by atoms with E-state index in [9.17, 15) is 0 Å². The van der Waals surface area contributed by atoms with Gasteiger partial charge in [-0.2, -0.15) is 5.10 Å². The summed E-state index contributed by atoms with van der Waals surface area (Å²) in [6.45, 7) is 9.07. The van der Waals surface area contributed by atoms with Gasteiger partial charge in [0.25, 0.3) is 0 Å². The summed E-state index contributed by atoms with van der Waals surface area (Å²) in [4.78, 5) is 0. The number of nitrogens with one attached hydrogen (secondary N) is 1. The van der Waals surface area contributed by atoms with Gasteiger partial charge in [-0.25, -0.2) is 0 Å². The molecule has 15 heavy (non-hydrogen) atoms. The molecule has 1 atom stereocenters. The molecule has 0 saturated carbocycles. The topological polar surface area (TPSA) is 29.9 Å². The van der Waals surface area contributed by atoms with Crippen LogP contribution in [0.5, 0.6) is 0 Å². The van der Waals surface area contributed by atoms with Crippen molar-refractivity contribution in [1.82, 2.24) is 15.1 Å². The van der Waals surface area contributed by atoms with Gasteiger partial charge in [0.1, 0.15) is 0 Å². The van der Waals surface area contributed by atoms with E-state index in [4.69, 9.17) is 0 Å². The maximum atomic E-state index is 4.36. The van der Waals surface area contributed by atoms with E-state index in [1.165, 1.54) is 5.56 Å². The van der Waals surface area contributed by atoms with Gasteiger partial charge in [0.05, 0.1) is 5.69 Å². The van der Waals surface area contributed by atoms with E-state index in [1.807, 2.05) is 17.8 Å². The number of aromatic nitrogens is 2.